The fourth-order valence-corrected chi connectivity index (χ4v) is 2.64. The summed E-state index contributed by atoms with van der Waals surface area (Å²) in [6, 6.07) is 4.33. The molecule has 0 bridgehead atoms. The molecule has 1 aromatic rings. The fourth-order valence-electron chi connectivity index (χ4n) is 1.37. The molecular weight excluding hydrogens is 320 g/mol. The number of carboxylic acids is 1. The normalized spacial score (nSPS) is 11.0. The lowest BCUT2D eigenvalue weighted by Crippen LogP contribution is -2.19. The monoisotopic (exact) mass is 334 g/mol. The van der Waals surface area contributed by atoms with Gasteiger partial charge in [0.2, 0.25) is 15.9 Å². The maximum atomic E-state index is 11.7. The second-order valence-corrected chi connectivity index (χ2v) is 6.41. The molecule has 0 saturated carbocycles. The van der Waals surface area contributed by atoms with Gasteiger partial charge in [0.25, 0.3) is 0 Å². The van der Waals surface area contributed by atoms with Crippen molar-refractivity contribution in [3.05, 3.63) is 23.2 Å². The molecule has 0 aromatic heterocycles. The summed E-state index contributed by atoms with van der Waals surface area (Å²) in [5.74, 6) is -2.00. The molecule has 0 heterocycles. The molecule has 0 aliphatic carbocycles. The van der Waals surface area contributed by atoms with Gasteiger partial charge < -0.3 is 10.4 Å². The van der Waals surface area contributed by atoms with Gasteiger partial charge in [0.15, 0.2) is 0 Å². The molecular formula is C12H15ClN2O5S. The first kappa shape index (κ1) is 17.3. The molecule has 9 heteroatoms. The largest absolute Gasteiger partial charge is 0.481 e. The zero-order chi connectivity index (χ0) is 16.0. The van der Waals surface area contributed by atoms with Crippen molar-refractivity contribution in [3.63, 3.8) is 0 Å². The van der Waals surface area contributed by atoms with E-state index in [1.54, 1.807) is 6.92 Å². The number of carbonyl (C=O) groups is 2. The van der Waals surface area contributed by atoms with E-state index in [4.69, 9.17) is 16.7 Å². The standard InChI is InChI=1S/C12H15ClN2O5S/c1-2-11(16)14-8-3-4-9(13)10(7-8)15-21(19,20)6-5-12(17)18/h3-4,7,15H,2,5-6H2,1H3,(H,14,16)(H,17,18). The molecule has 0 atom stereocenters. The zero-order valence-corrected chi connectivity index (χ0v) is 12.8. The van der Waals surface area contributed by atoms with E-state index in [2.05, 4.69) is 10.0 Å². The molecule has 116 valence electrons. The van der Waals surface area contributed by atoms with Crippen LogP contribution in [0, 0.1) is 0 Å². The Balaban J connectivity index is 2.89. The number of amides is 1. The Morgan fingerprint density at radius 1 is 1.33 bits per heavy atom. The fraction of sp³-hybridized carbons (Fsp3) is 0.333. The van der Waals surface area contributed by atoms with Crippen molar-refractivity contribution in [2.24, 2.45) is 0 Å². The summed E-state index contributed by atoms with van der Waals surface area (Å²) < 4.78 is 25.7. The van der Waals surface area contributed by atoms with Gasteiger partial charge in [-0.25, -0.2) is 8.42 Å². The first-order chi connectivity index (χ1) is 9.73. The van der Waals surface area contributed by atoms with Crippen molar-refractivity contribution in [1.82, 2.24) is 0 Å². The topological polar surface area (TPSA) is 113 Å². The van der Waals surface area contributed by atoms with Gasteiger partial charge in [0.1, 0.15) is 0 Å². The number of hydrogen-bond acceptors (Lipinski definition) is 4. The number of halogens is 1. The van der Waals surface area contributed by atoms with E-state index < -0.39 is 28.2 Å². The van der Waals surface area contributed by atoms with Gasteiger partial charge in [0.05, 0.1) is 22.9 Å². The molecule has 21 heavy (non-hydrogen) atoms. The van der Waals surface area contributed by atoms with Crippen molar-refractivity contribution in [1.29, 1.82) is 0 Å². The van der Waals surface area contributed by atoms with Crippen LogP contribution in [0.2, 0.25) is 5.02 Å². The Hall–Kier alpha value is -1.80. The van der Waals surface area contributed by atoms with Gasteiger partial charge in [-0.3, -0.25) is 14.3 Å². The molecule has 0 saturated heterocycles. The Morgan fingerprint density at radius 2 is 2.00 bits per heavy atom. The molecule has 0 fully saturated rings. The van der Waals surface area contributed by atoms with Gasteiger partial charge >= 0.3 is 5.97 Å². The molecule has 0 unspecified atom stereocenters. The number of carboxylic acid groups (broad SMARTS) is 1. The Morgan fingerprint density at radius 3 is 2.57 bits per heavy atom. The maximum absolute atomic E-state index is 11.7. The second-order valence-electron chi connectivity index (χ2n) is 4.16. The number of carbonyl (C=O) groups excluding carboxylic acids is 1. The lowest BCUT2D eigenvalue weighted by atomic mass is 10.2. The summed E-state index contributed by atoms with van der Waals surface area (Å²) in [5.41, 5.74) is 0.471. The first-order valence-corrected chi connectivity index (χ1v) is 8.08. The van der Waals surface area contributed by atoms with Gasteiger partial charge in [-0.2, -0.15) is 0 Å². The summed E-state index contributed by atoms with van der Waals surface area (Å²) in [6.45, 7) is 1.68. The number of aliphatic carboxylic acids is 1. The first-order valence-electron chi connectivity index (χ1n) is 6.05. The smallest absolute Gasteiger partial charge is 0.304 e. The molecule has 0 aliphatic rings. The number of benzene rings is 1. The highest BCUT2D eigenvalue weighted by molar-refractivity contribution is 7.92. The number of rotatable bonds is 7. The highest BCUT2D eigenvalue weighted by atomic mass is 35.5. The van der Waals surface area contributed by atoms with Crippen LogP contribution in [0.5, 0.6) is 0 Å². The van der Waals surface area contributed by atoms with Crippen molar-refractivity contribution in [2.45, 2.75) is 19.8 Å². The maximum Gasteiger partial charge on any atom is 0.304 e. The molecule has 0 aliphatic heterocycles. The lowest BCUT2D eigenvalue weighted by Gasteiger charge is -2.11. The van der Waals surface area contributed by atoms with E-state index in [1.807, 2.05) is 0 Å². The zero-order valence-electron chi connectivity index (χ0n) is 11.2. The van der Waals surface area contributed by atoms with Crippen LogP contribution in [0.15, 0.2) is 18.2 Å². The summed E-state index contributed by atoms with van der Waals surface area (Å²) >= 11 is 5.88. The predicted molar refractivity (Wildman–Crippen MR) is 80.0 cm³/mol. The summed E-state index contributed by atoms with van der Waals surface area (Å²) in [7, 11) is -3.83. The van der Waals surface area contributed by atoms with Gasteiger partial charge in [-0.1, -0.05) is 18.5 Å². The number of anilines is 2. The third-order valence-electron chi connectivity index (χ3n) is 2.42. The lowest BCUT2D eigenvalue weighted by molar-refractivity contribution is -0.136. The summed E-state index contributed by atoms with van der Waals surface area (Å²) in [6.07, 6.45) is -0.235. The van der Waals surface area contributed by atoms with Gasteiger partial charge in [-0.05, 0) is 18.2 Å². The third-order valence-corrected chi connectivity index (χ3v) is 4.02. The van der Waals surface area contributed by atoms with Crippen LogP contribution < -0.4 is 10.0 Å². The van der Waals surface area contributed by atoms with Crippen LogP contribution in [-0.2, 0) is 19.6 Å². The van der Waals surface area contributed by atoms with Crippen LogP contribution in [0.3, 0.4) is 0 Å². The van der Waals surface area contributed by atoms with Crippen LogP contribution in [0.25, 0.3) is 0 Å². The minimum Gasteiger partial charge on any atom is -0.481 e. The van der Waals surface area contributed by atoms with Crippen molar-refractivity contribution in [2.75, 3.05) is 15.8 Å². The number of hydrogen-bond donors (Lipinski definition) is 3. The molecule has 1 rings (SSSR count). The molecule has 3 N–H and O–H groups in total. The van der Waals surface area contributed by atoms with E-state index in [9.17, 15) is 18.0 Å². The number of sulfonamides is 1. The van der Waals surface area contributed by atoms with E-state index in [0.717, 1.165) is 0 Å². The van der Waals surface area contributed by atoms with Crippen LogP contribution in [0.1, 0.15) is 19.8 Å². The minimum absolute atomic E-state index is 0.0796. The van der Waals surface area contributed by atoms with Crippen LogP contribution in [-0.4, -0.2) is 31.2 Å². The van der Waals surface area contributed by atoms with E-state index in [1.165, 1.54) is 18.2 Å². The average molecular weight is 335 g/mol. The highest BCUT2D eigenvalue weighted by Gasteiger charge is 2.15. The van der Waals surface area contributed by atoms with Crippen molar-refractivity contribution >= 4 is 44.9 Å². The molecule has 0 radical (unpaired) electrons. The highest BCUT2D eigenvalue weighted by Crippen LogP contribution is 2.26. The second kappa shape index (κ2) is 7.28. The SMILES string of the molecule is CCC(=O)Nc1ccc(Cl)c(NS(=O)(=O)CCC(=O)O)c1. The molecule has 1 amide bonds. The van der Waals surface area contributed by atoms with E-state index >= 15 is 0 Å². The predicted octanol–water partition coefficient (Wildman–Crippen LogP) is 1.90. The van der Waals surface area contributed by atoms with Gasteiger partial charge in [0, 0.05) is 12.1 Å². The average Bonchev–Trinajstić information content (AvgIpc) is 2.40. The third kappa shape index (κ3) is 6.01. The Labute approximate surface area is 127 Å². The van der Waals surface area contributed by atoms with Crippen molar-refractivity contribution < 1.29 is 23.1 Å². The number of nitrogens with one attached hydrogen (secondary N) is 2. The molecule has 1 aromatic carbocycles. The Bertz CT molecular complexity index is 645. The van der Waals surface area contributed by atoms with Crippen LogP contribution in [0.4, 0.5) is 11.4 Å². The van der Waals surface area contributed by atoms with E-state index in [0.29, 0.717) is 5.69 Å². The Kier molecular flexibility index (Phi) is 5.98. The minimum atomic E-state index is -3.83. The van der Waals surface area contributed by atoms with Gasteiger partial charge in [-0.15, -0.1) is 0 Å². The quantitative estimate of drug-likeness (QED) is 0.705. The van der Waals surface area contributed by atoms with E-state index in [-0.39, 0.29) is 23.0 Å². The van der Waals surface area contributed by atoms with Crippen LogP contribution >= 0.6 is 11.6 Å². The summed E-state index contributed by atoms with van der Waals surface area (Å²) in [4.78, 5) is 21.7. The van der Waals surface area contributed by atoms with Crippen molar-refractivity contribution in [3.8, 4) is 0 Å². The molecule has 0 spiro atoms. The summed E-state index contributed by atoms with van der Waals surface area (Å²) in [5, 5.41) is 11.2. The molecule has 7 nitrogen and oxygen atoms in total.